The van der Waals surface area contributed by atoms with Gasteiger partial charge in [-0.25, -0.2) is 8.42 Å². The maximum atomic E-state index is 12.2. The van der Waals surface area contributed by atoms with Gasteiger partial charge >= 0.3 is 0 Å². The first-order valence-electron chi connectivity index (χ1n) is 6.12. The first kappa shape index (κ1) is 14.9. The first-order chi connectivity index (χ1) is 7.97. The van der Waals surface area contributed by atoms with Crippen LogP contribution in [0.5, 0.6) is 0 Å². The molecule has 1 rings (SSSR count). The Hall–Kier alpha value is -0.170. The van der Waals surface area contributed by atoms with Gasteiger partial charge in [-0.05, 0) is 38.8 Å². The Morgan fingerprint density at radius 2 is 2.24 bits per heavy atom. The Morgan fingerprint density at radius 1 is 1.53 bits per heavy atom. The van der Waals surface area contributed by atoms with Crippen molar-refractivity contribution in [1.29, 1.82) is 0 Å². The summed E-state index contributed by atoms with van der Waals surface area (Å²) in [6.07, 6.45) is 2.07. The number of nitrogens with zero attached hydrogens (tertiary/aromatic N) is 1. The quantitative estimate of drug-likeness (QED) is 0.749. The average Bonchev–Trinajstić information content (AvgIpc) is 2.29. The molecule has 0 amide bonds. The smallest absolute Gasteiger partial charge is 0.214 e. The van der Waals surface area contributed by atoms with Crippen molar-refractivity contribution in [3.8, 4) is 0 Å². The summed E-state index contributed by atoms with van der Waals surface area (Å²) < 4.78 is 30.7. The third-order valence-electron chi connectivity index (χ3n) is 3.31. The molecule has 1 heterocycles. The van der Waals surface area contributed by atoms with E-state index in [1.165, 1.54) is 4.31 Å². The number of nitrogens with one attached hydrogen (secondary N) is 1. The lowest BCUT2D eigenvalue weighted by molar-refractivity contribution is 0.149. The van der Waals surface area contributed by atoms with Gasteiger partial charge in [-0.3, -0.25) is 0 Å². The zero-order chi connectivity index (χ0) is 12.9. The van der Waals surface area contributed by atoms with Crippen LogP contribution >= 0.6 is 0 Å². The van der Waals surface area contributed by atoms with Crippen LogP contribution in [0.25, 0.3) is 0 Å². The number of likely N-dealkylation sites (N-methyl/N-ethyl adjacent to an activating group) is 1. The lowest BCUT2D eigenvalue weighted by Gasteiger charge is -2.28. The number of hydrogen-bond acceptors (Lipinski definition) is 4. The number of hydrogen-bond donors (Lipinski definition) is 1. The van der Waals surface area contributed by atoms with Crippen LogP contribution in [0.2, 0.25) is 0 Å². The van der Waals surface area contributed by atoms with Gasteiger partial charge in [0, 0.05) is 20.2 Å². The third-order valence-corrected chi connectivity index (χ3v) is 5.44. The van der Waals surface area contributed by atoms with Gasteiger partial charge in [0.15, 0.2) is 0 Å². The number of sulfonamides is 1. The zero-order valence-electron chi connectivity index (χ0n) is 11.0. The monoisotopic (exact) mass is 264 g/mol. The topological polar surface area (TPSA) is 58.6 Å². The summed E-state index contributed by atoms with van der Waals surface area (Å²) in [5, 5.41) is 3.24. The molecular weight excluding hydrogens is 240 g/mol. The minimum atomic E-state index is -3.17. The predicted octanol–water partition coefficient (Wildman–Crippen LogP) is 0.283. The molecule has 0 aliphatic carbocycles. The lowest BCUT2D eigenvalue weighted by Crippen LogP contribution is -2.43. The first-order valence-corrected chi connectivity index (χ1v) is 7.73. The van der Waals surface area contributed by atoms with Crippen LogP contribution < -0.4 is 5.32 Å². The van der Waals surface area contributed by atoms with Gasteiger partial charge < -0.3 is 10.1 Å². The van der Waals surface area contributed by atoms with Crippen molar-refractivity contribution >= 4 is 10.0 Å². The standard InChI is InChI=1S/C11H24N2O3S/c1-10(8-16-3)13(2)17(14,15)9-11-5-4-6-12-7-11/h10-12H,4-9H2,1-3H3. The van der Waals surface area contributed by atoms with Gasteiger partial charge in [0.25, 0.3) is 0 Å². The van der Waals surface area contributed by atoms with Gasteiger partial charge in [0.1, 0.15) is 0 Å². The molecule has 6 heteroatoms. The van der Waals surface area contributed by atoms with Crippen molar-refractivity contribution < 1.29 is 13.2 Å². The molecule has 2 unspecified atom stereocenters. The highest BCUT2D eigenvalue weighted by Gasteiger charge is 2.27. The van der Waals surface area contributed by atoms with Crippen LogP contribution in [0.15, 0.2) is 0 Å². The Morgan fingerprint density at radius 3 is 2.76 bits per heavy atom. The Balaban J connectivity index is 2.54. The molecule has 0 spiro atoms. The number of methoxy groups -OCH3 is 1. The van der Waals surface area contributed by atoms with Crippen LogP contribution in [-0.2, 0) is 14.8 Å². The minimum absolute atomic E-state index is 0.110. The van der Waals surface area contributed by atoms with Crippen LogP contribution in [0, 0.1) is 5.92 Å². The summed E-state index contributed by atoms with van der Waals surface area (Å²) in [7, 11) is 0.0515. The number of rotatable bonds is 6. The average molecular weight is 264 g/mol. The highest BCUT2D eigenvalue weighted by atomic mass is 32.2. The molecule has 0 saturated carbocycles. The molecule has 2 atom stereocenters. The molecule has 1 aliphatic rings. The fourth-order valence-electron chi connectivity index (χ4n) is 2.10. The summed E-state index contributed by atoms with van der Waals surface area (Å²) >= 11 is 0. The molecule has 0 radical (unpaired) electrons. The molecular formula is C11H24N2O3S. The molecule has 1 aliphatic heterocycles. The second kappa shape index (κ2) is 6.68. The molecule has 0 bridgehead atoms. The molecule has 5 nitrogen and oxygen atoms in total. The predicted molar refractivity (Wildman–Crippen MR) is 68.5 cm³/mol. The van der Waals surface area contributed by atoms with Gasteiger partial charge in [-0.2, -0.15) is 4.31 Å². The van der Waals surface area contributed by atoms with E-state index in [4.69, 9.17) is 4.74 Å². The van der Waals surface area contributed by atoms with Crippen molar-refractivity contribution in [2.75, 3.05) is 39.6 Å². The van der Waals surface area contributed by atoms with Gasteiger partial charge in [0.05, 0.1) is 12.4 Å². The summed E-state index contributed by atoms with van der Waals surface area (Å²) in [6.45, 7) is 4.11. The molecule has 1 saturated heterocycles. The van der Waals surface area contributed by atoms with E-state index < -0.39 is 10.0 Å². The van der Waals surface area contributed by atoms with E-state index in [0.29, 0.717) is 6.61 Å². The van der Waals surface area contributed by atoms with Crippen LogP contribution in [0.4, 0.5) is 0 Å². The van der Waals surface area contributed by atoms with Gasteiger partial charge in [0.2, 0.25) is 10.0 Å². The van der Waals surface area contributed by atoms with E-state index >= 15 is 0 Å². The van der Waals surface area contributed by atoms with Crippen molar-refractivity contribution in [1.82, 2.24) is 9.62 Å². The van der Waals surface area contributed by atoms with Crippen molar-refractivity contribution in [3.05, 3.63) is 0 Å². The largest absolute Gasteiger partial charge is 0.383 e. The van der Waals surface area contributed by atoms with Crippen molar-refractivity contribution in [2.24, 2.45) is 5.92 Å². The van der Waals surface area contributed by atoms with E-state index in [2.05, 4.69) is 5.32 Å². The van der Waals surface area contributed by atoms with E-state index in [0.717, 1.165) is 25.9 Å². The van der Waals surface area contributed by atoms with Gasteiger partial charge in [-0.1, -0.05) is 0 Å². The van der Waals surface area contributed by atoms with E-state index in [9.17, 15) is 8.42 Å². The van der Waals surface area contributed by atoms with Crippen molar-refractivity contribution in [3.63, 3.8) is 0 Å². The second-order valence-electron chi connectivity index (χ2n) is 4.81. The maximum Gasteiger partial charge on any atom is 0.214 e. The molecule has 1 fully saturated rings. The van der Waals surface area contributed by atoms with E-state index in [-0.39, 0.29) is 17.7 Å². The lowest BCUT2D eigenvalue weighted by atomic mass is 10.0. The highest BCUT2D eigenvalue weighted by molar-refractivity contribution is 7.89. The fraction of sp³-hybridized carbons (Fsp3) is 1.00. The number of piperidine rings is 1. The third kappa shape index (κ3) is 4.54. The summed E-state index contributed by atoms with van der Waals surface area (Å²) in [4.78, 5) is 0. The molecule has 1 N–H and O–H groups in total. The van der Waals surface area contributed by atoms with Crippen LogP contribution in [0.3, 0.4) is 0 Å². The highest BCUT2D eigenvalue weighted by Crippen LogP contribution is 2.15. The molecule has 102 valence electrons. The normalized spacial score (nSPS) is 23.9. The Kier molecular flexibility index (Phi) is 5.85. The molecule has 17 heavy (non-hydrogen) atoms. The fourth-order valence-corrected chi connectivity index (χ4v) is 3.83. The molecule has 0 aromatic carbocycles. The SMILES string of the molecule is COCC(C)N(C)S(=O)(=O)CC1CCCNC1. The van der Waals surface area contributed by atoms with E-state index in [1.54, 1.807) is 14.2 Å². The summed E-state index contributed by atoms with van der Waals surface area (Å²) in [5.74, 6) is 0.482. The Labute approximate surface area is 105 Å². The van der Waals surface area contributed by atoms with E-state index in [1.807, 2.05) is 6.92 Å². The second-order valence-corrected chi connectivity index (χ2v) is 6.88. The Bertz CT molecular complexity index is 313. The molecule has 0 aromatic rings. The van der Waals surface area contributed by atoms with Crippen LogP contribution in [0.1, 0.15) is 19.8 Å². The molecule has 0 aromatic heterocycles. The van der Waals surface area contributed by atoms with Crippen molar-refractivity contribution in [2.45, 2.75) is 25.8 Å². The zero-order valence-corrected chi connectivity index (χ0v) is 11.8. The summed E-state index contributed by atoms with van der Waals surface area (Å²) in [6, 6.07) is -0.110. The minimum Gasteiger partial charge on any atom is -0.383 e. The maximum absolute atomic E-state index is 12.2. The van der Waals surface area contributed by atoms with Crippen LogP contribution in [-0.4, -0.2) is 58.4 Å². The number of ether oxygens (including phenoxy) is 1. The van der Waals surface area contributed by atoms with Gasteiger partial charge in [-0.15, -0.1) is 0 Å². The summed E-state index contributed by atoms with van der Waals surface area (Å²) in [5.41, 5.74) is 0.